The first-order chi connectivity index (χ1) is 15.6. The summed E-state index contributed by atoms with van der Waals surface area (Å²) in [6.45, 7) is 5.45. The summed E-state index contributed by atoms with van der Waals surface area (Å²) in [7, 11) is -3.68. The normalized spacial score (nSPS) is 23.2. The van der Waals surface area contributed by atoms with Crippen LogP contribution in [0.15, 0.2) is 53.4 Å². The van der Waals surface area contributed by atoms with E-state index >= 15 is 0 Å². The molecule has 6 nitrogen and oxygen atoms in total. The Bertz CT molecular complexity index is 1090. The van der Waals surface area contributed by atoms with Crippen molar-refractivity contribution in [3.63, 3.8) is 0 Å². The number of unbranched alkanes of at least 4 members (excludes halogenated alkanes) is 1. The van der Waals surface area contributed by atoms with E-state index in [0.717, 1.165) is 43.4 Å². The molecule has 1 saturated heterocycles. The molecule has 7 heteroatoms. The number of sulfonamides is 1. The van der Waals surface area contributed by atoms with Crippen molar-refractivity contribution in [2.75, 3.05) is 39.3 Å². The summed E-state index contributed by atoms with van der Waals surface area (Å²) in [5.41, 5.74) is 3.33. The molecule has 170 valence electrons. The smallest absolute Gasteiger partial charge is 0.269 e. The first-order valence-electron chi connectivity index (χ1n) is 11.8. The van der Waals surface area contributed by atoms with Gasteiger partial charge >= 0.3 is 0 Å². The predicted molar refractivity (Wildman–Crippen MR) is 124 cm³/mol. The van der Waals surface area contributed by atoms with Gasteiger partial charge in [-0.1, -0.05) is 36.4 Å². The maximum absolute atomic E-state index is 12.7. The van der Waals surface area contributed by atoms with Crippen LogP contribution in [-0.2, 0) is 16.4 Å². The van der Waals surface area contributed by atoms with Crippen molar-refractivity contribution in [2.24, 2.45) is 0 Å². The topological polar surface area (TPSA) is 60.9 Å². The van der Waals surface area contributed by atoms with Crippen molar-refractivity contribution >= 4 is 15.9 Å². The van der Waals surface area contributed by atoms with E-state index in [0.29, 0.717) is 18.0 Å². The number of benzene rings is 2. The highest BCUT2D eigenvalue weighted by Crippen LogP contribution is 2.34. The van der Waals surface area contributed by atoms with E-state index in [1.807, 2.05) is 0 Å². The van der Waals surface area contributed by atoms with Gasteiger partial charge in [-0.3, -0.25) is 9.69 Å². The number of hydrogen-bond donors (Lipinski definition) is 0. The number of rotatable bonds is 6. The summed E-state index contributed by atoms with van der Waals surface area (Å²) in [5, 5.41) is 0. The van der Waals surface area contributed by atoms with E-state index in [1.165, 1.54) is 36.5 Å². The average Bonchev–Trinajstić information content (AvgIpc) is 3.02. The lowest BCUT2D eigenvalue weighted by Gasteiger charge is -2.41. The Balaban J connectivity index is 1.09. The third-order valence-electron chi connectivity index (χ3n) is 7.18. The maximum Gasteiger partial charge on any atom is 0.269 e. The molecule has 1 amide bonds. The molecule has 2 aromatic carbocycles. The molecule has 0 saturated carbocycles. The van der Waals surface area contributed by atoms with Crippen LogP contribution in [0, 0.1) is 0 Å². The molecule has 0 bridgehead atoms. The first-order valence-corrected chi connectivity index (χ1v) is 13.2. The maximum atomic E-state index is 12.7. The van der Waals surface area contributed by atoms with E-state index in [4.69, 9.17) is 0 Å². The molecule has 0 aromatic heterocycles. The van der Waals surface area contributed by atoms with Gasteiger partial charge in [0.1, 0.15) is 4.90 Å². The fourth-order valence-electron chi connectivity index (χ4n) is 5.45. The zero-order valence-corrected chi connectivity index (χ0v) is 19.3. The van der Waals surface area contributed by atoms with Crippen LogP contribution in [0.1, 0.15) is 53.2 Å². The highest BCUT2D eigenvalue weighted by Gasteiger charge is 2.40. The third kappa shape index (κ3) is 3.98. The van der Waals surface area contributed by atoms with E-state index in [-0.39, 0.29) is 17.3 Å². The van der Waals surface area contributed by atoms with Crippen molar-refractivity contribution in [1.82, 2.24) is 14.1 Å². The van der Waals surface area contributed by atoms with Gasteiger partial charge in [-0.2, -0.15) is 0 Å². The van der Waals surface area contributed by atoms with Gasteiger partial charge in [0.25, 0.3) is 15.9 Å². The number of carbonyl (C=O) groups excluding carboxylic acids is 1. The van der Waals surface area contributed by atoms with Gasteiger partial charge in [-0.05, 0) is 61.9 Å². The molecule has 0 spiro atoms. The van der Waals surface area contributed by atoms with E-state index < -0.39 is 10.0 Å². The molecule has 5 rings (SSSR count). The van der Waals surface area contributed by atoms with Gasteiger partial charge in [0.2, 0.25) is 0 Å². The lowest BCUT2D eigenvalue weighted by atomic mass is 9.86. The molecule has 1 atom stereocenters. The molecule has 0 radical (unpaired) electrons. The van der Waals surface area contributed by atoms with Crippen LogP contribution in [0.25, 0.3) is 0 Å². The van der Waals surface area contributed by atoms with Gasteiger partial charge in [0, 0.05) is 38.8 Å². The fraction of sp³-hybridized carbons (Fsp3) is 0.480. The van der Waals surface area contributed by atoms with Crippen LogP contribution in [-0.4, -0.2) is 67.7 Å². The average molecular weight is 454 g/mol. The Morgan fingerprint density at radius 1 is 0.875 bits per heavy atom. The first kappa shape index (κ1) is 21.6. The summed E-state index contributed by atoms with van der Waals surface area (Å²) in [4.78, 5) is 17.8. The highest BCUT2D eigenvalue weighted by molar-refractivity contribution is 7.90. The van der Waals surface area contributed by atoms with Crippen molar-refractivity contribution in [1.29, 1.82) is 0 Å². The van der Waals surface area contributed by atoms with Crippen LogP contribution >= 0.6 is 0 Å². The Hall–Kier alpha value is -2.22. The molecule has 3 aliphatic rings. The molecular formula is C25H31N3O3S. The second-order valence-electron chi connectivity index (χ2n) is 9.07. The van der Waals surface area contributed by atoms with Crippen molar-refractivity contribution in [2.45, 2.75) is 43.0 Å². The Labute approximate surface area is 190 Å². The van der Waals surface area contributed by atoms with Gasteiger partial charge in [-0.15, -0.1) is 0 Å². The van der Waals surface area contributed by atoms with E-state index in [1.54, 1.807) is 18.2 Å². The van der Waals surface area contributed by atoms with Gasteiger partial charge in [0.15, 0.2) is 0 Å². The molecule has 2 heterocycles. The van der Waals surface area contributed by atoms with E-state index in [9.17, 15) is 13.2 Å². The zero-order valence-electron chi connectivity index (χ0n) is 18.4. The minimum absolute atomic E-state index is 0.144. The summed E-state index contributed by atoms with van der Waals surface area (Å²) in [5.74, 6) is -0.387. The van der Waals surface area contributed by atoms with Crippen LogP contribution in [0.5, 0.6) is 0 Å². The van der Waals surface area contributed by atoms with Crippen molar-refractivity contribution in [3.05, 3.63) is 65.2 Å². The molecule has 0 N–H and O–H groups in total. The minimum atomic E-state index is -3.68. The third-order valence-corrected chi connectivity index (χ3v) is 9.02. The largest absolute Gasteiger partial charge is 0.301 e. The molecule has 1 aliphatic carbocycles. The molecule has 32 heavy (non-hydrogen) atoms. The number of piperazine rings is 1. The summed E-state index contributed by atoms with van der Waals surface area (Å²) in [6, 6.07) is 15.9. The summed E-state index contributed by atoms with van der Waals surface area (Å²) in [6.07, 6.45) is 5.30. The summed E-state index contributed by atoms with van der Waals surface area (Å²) < 4.78 is 26.4. The van der Waals surface area contributed by atoms with Crippen molar-refractivity contribution < 1.29 is 13.2 Å². The molecule has 2 aliphatic heterocycles. The lowest BCUT2D eigenvalue weighted by Crippen LogP contribution is -2.48. The molecular weight excluding hydrogens is 422 g/mol. The monoisotopic (exact) mass is 453 g/mol. The van der Waals surface area contributed by atoms with Crippen LogP contribution in [0.2, 0.25) is 0 Å². The van der Waals surface area contributed by atoms with Gasteiger partial charge in [0.05, 0.1) is 5.56 Å². The standard InChI is InChI=1S/C25H31N3O3S/c29-25-22-11-3-4-13-24(22)32(30,31)28(25)15-6-5-14-26-16-18-27(19-17-26)23-12-7-9-20-8-1-2-10-21(20)23/h1-4,8,10-11,13,23H,5-7,9,12,14-19H2. The second-order valence-corrected chi connectivity index (χ2v) is 10.9. The quantitative estimate of drug-likeness (QED) is 0.628. The van der Waals surface area contributed by atoms with Crippen LogP contribution < -0.4 is 0 Å². The lowest BCUT2D eigenvalue weighted by molar-refractivity contribution is 0.0841. The van der Waals surface area contributed by atoms with Gasteiger partial charge < -0.3 is 4.90 Å². The molecule has 1 unspecified atom stereocenters. The minimum Gasteiger partial charge on any atom is -0.301 e. The number of aryl methyl sites for hydroxylation is 1. The Morgan fingerprint density at radius 2 is 1.59 bits per heavy atom. The van der Waals surface area contributed by atoms with Crippen LogP contribution in [0.4, 0.5) is 0 Å². The Morgan fingerprint density at radius 3 is 2.41 bits per heavy atom. The number of fused-ring (bicyclic) bond motifs is 2. The SMILES string of the molecule is O=C1c2ccccc2S(=O)(=O)N1CCCCN1CCN(C2CCCc3ccccc32)CC1. The fourth-order valence-corrected chi connectivity index (χ4v) is 7.06. The second kappa shape index (κ2) is 8.96. The molecule has 1 fully saturated rings. The Kier molecular flexibility index (Phi) is 6.05. The molecule has 2 aromatic rings. The highest BCUT2D eigenvalue weighted by atomic mass is 32.2. The summed E-state index contributed by atoms with van der Waals surface area (Å²) >= 11 is 0. The van der Waals surface area contributed by atoms with Crippen LogP contribution in [0.3, 0.4) is 0 Å². The van der Waals surface area contributed by atoms with Crippen molar-refractivity contribution in [3.8, 4) is 0 Å². The number of nitrogens with zero attached hydrogens (tertiary/aromatic N) is 3. The number of hydrogen-bond acceptors (Lipinski definition) is 5. The van der Waals surface area contributed by atoms with E-state index in [2.05, 4.69) is 34.1 Å². The predicted octanol–water partition coefficient (Wildman–Crippen LogP) is 3.31. The van der Waals surface area contributed by atoms with Gasteiger partial charge in [-0.25, -0.2) is 12.7 Å². The zero-order chi connectivity index (χ0) is 22.1. The number of carbonyl (C=O) groups is 1. The number of amides is 1.